The normalized spacial score (nSPS) is 10.5. The highest BCUT2D eigenvalue weighted by Crippen LogP contribution is 2.13. The van der Waals surface area contributed by atoms with E-state index in [1.807, 2.05) is 20.9 Å². The lowest BCUT2D eigenvalue weighted by molar-refractivity contribution is 0.229. The number of rotatable bonds is 4. The van der Waals surface area contributed by atoms with Gasteiger partial charge in [0.05, 0.1) is 6.10 Å². The second-order valence-electron chi connectivity index (χ2n) is 3.05. The van der Waals surface area contributed by atoms with Gasteiger partial charge in [0.1, 0.15) is 6.33 Å². The average Bonchev–Trinajstić information content (AvgIpc) is 2.08. The van der Waals surface area contributed by atoms with E-state index in [0.29, 0.717) is 5.88 Å². The van der Waals surface area contributed by atoms with Crippen LogP contribution in [0, 0.1) is 0 Å². The molecule has 0 unspecified atom stereocenters. The molecule has 13 heavy (non-hydrogen) atoms. The zero-order chi connectivity index (χ0) is 9.68. The van der Waals surface area contributed by atoms with Crippen LogP contribution in [-0.2, 0) is 6.54 Å². The van der Waals surface area contributed by atoms with E-state index in [-0.39, 0.29) is 6.10 Å². The molecule has 1 rings (SSSR count). The monoisotopic (exact) mass is 181 g/mol. The lowest BCUT2D eigenvalue weighted by Crippen LogP contribution is -2.12. The molecular weight excluding hydrogens is 166 g/mol. The van der Waals surface area contributed by atoms with E-state index in [4.69, 9.17) is 4.74 Å². The molecule has 0 fully saturated rings. The van der Waals surface area contributed by atoms with E-state index < -0.39 is 0 Å². The molecule has 0 aliphatic carbocycles. The van der Waals surface area contributed by atoms with Crippen molar-refractivity contribution in [3.8, 4) is 5.88 Å². The van der Waals surface area contributed by atoms with Gasteiger partial charge in [-0.05, 0) is 20.9 Å². The van der Waals surface area contributed by atoms with E-state index >= 15 is 0 Å². The van der Waals surface area contributed by atoms with Crippen molar-refractivity contribution in [3.63, 3.8) is 0 Å². The molecule has 0 atom stereocenters. The van der Waals surface area contributed by atoms with Crippen molar-refractivity contribution >= 4 is 0 Å². The van der Waals surface area contributed by atoms with E-state index in [1.54, 1.807) is 6.20 Å². The van der Waals surface area contributed by atoms with Crippen molar-refractivity contribution in [2.45, 2.75) is 26.5 Å². The van der Waals surface area contributed by atoms with E-state index in [0.717, 1.165) is 12.1 Å². The Morgan fingerprint density at radius 2 is 2.31 bits per heavy atom. The van der Waals surface area contributed by atoms with Gasteiger partial charge in [0.2, 0.25) is 5.88 Å². The zero-order valence-electron chi connectivity index (χ0n) is 8.24. The summed E-state index contributed by atoms with van der Waals surface area (Å²) < 4.78 is 5.51. The Bertz CT molecular complexity index is 263. The summed E-state index contributed by atoms with van der Waals surface area (Å²) in [5, 5.41) is 3.04. The Kier molecular flexibility index (Phi) is 3.64. The topological polar surface area (TPSA) is 47.0 Å². The van der Waals surface area contributed by atoms with Crippen molar-refractivity contribution in [2.24, 2.45) is 0 Å². The lowest BCUT2D eigenvalue weighted by Gasteiger charge is -2.11. The number of nitrogens with zero attached hydrogens (tertiary/aromatic N) is 2. The largest absolute Gasteiger partial charge is 0.475 e. The highest BCUT2D eigenvalue weighted by molar-refractivity contribution is 5.21. The predicted molar refractivity (Wildman–Crippen MR) is 50.6 cm³/mol. The summed E-state index contributed by atoms with van der Waals surface area (Å²) in [6, 6.07) is 0. The first-order valence-corrected chi connectivity index (χ1v) is 4.34. The van der Waals surface area contributed by atoms with Gasteiger partial charge in [-0.1, -0.05) is 0 Å². The van der Waals surface area contributed by atoms with Crippen molar-refractivity contribution < 1.29 is 4.74 Å². The average molecular weight is 181 g/mol. The molecule has 0 radical (unpaired) electrons. The standard InChI is InChI=1S/C9H15N3O/c1-7(2)13-9-8(4-10-3)5-11-6-12-9/h5-7,10H,4H2,1-3H3. The summed E-state index contributed by atoms with van der Waals surface area (Å²) >= 11 is 0. The van der Waals surface area contributed by atoms with Gasteiger partial charge in [-0.2, -0.15) is 0 Å². The molecule has 0 aromatic carbocycles. The van der Waals surface area contributed by atoms with Crippen LogP contribution in [0.1, 0.15) is 19.4 Å². The predicted octanol–water partition coefficient (Wildman–Crippen LogP) is 0.983. The third kappa shape index (κ3) is 2.99. The maximum atomic E-state index is 5.51. The van der Waals surface area contributed by atoms with E-state index in [2.05, 4.69) is 15.3 Å². The molecule has 72 valence electrons. The summed E-state index contributed by atoms with van der Waals surface area (Å²) in [5.74, 6) is 0.666. The summed E-state index contributed by atoms with van der Waals surface area (Å²) in [4.78, 5) is 8.00. The molecule has 0 aliphatic heterocycles. The fourth-order valence-corrected chi connectivity index (χ4v) is 0.988. The fraction of sp³-hybridized carbons (Fsp3) is 0.556. The Labute approximate surface area is 78.4 Å². The molecule has 1 N–H and O–H groups in total. The van der Waals surface area contributed by atoms with Gasteiger partial charge in [-0.15, -0.1) is 0 Å². The Hall–Kier alpha value is -1.16. The number of aromatic nitrogens is 2. The van der Waals surface area contributed by atoms with E-state index in [1.165, 1.54) is 6.33 Å². The van der Waals surface area contributed by atoms with Crippen molar-refractivity contribution in [1.82, 2.24) is 15.3 Å². The lowest BCUT2D eigenvalue weighted by atomic mass is 10.3. The molecule has 4 heteroatoms. The first-order valence-electron chi connectivity index (χ1n) is 4.34. The van der Waals surface area contributed by atoms with Gasteiger partial charge in [0, 0.05) is 18.3 Å². The molecular formula is C9H15N3O. The van der Waals surface area contributed by atoms with Crippen molar-refractivity contribution in [1.29, 1.82) is 0 Å². The first kappa shape index (κ1) is 9.92. The quantitative estimate of drug-likeness (QED) is 0.752. The zero-order valence-corrected chi connectivity index (χ0v) is 8.24. The number of hydrogen-bond donors (Lipinski definition) is 1. The first-order chi connectivity index (χ1) is 6.24. The number of nitrogens with one attached hydrogen (secondary N) is 1. The molecule has 0 saturated carbocycles. The summed E-state index contributed by atoms with van der Waals surface area (Å²) in [5.41, 5.74) is 0.985. The van der Waals surface area contributed by atoms with Gasteiger partial charge in [0.15, 0.2) is 0 Å². The third-order valence-corrected chi connectivity index (χ3v) is 1.46. The highest BCUT2D eigenvalue weighted by atomic mass is 16.5. The minimum Gasteiger partial charge on any atom is -0.475 e. The number of hydrogen-bond acceptors (Lipinski definition) is 4. The third-order valence-electron chi connectivity index (χ3n) is 1.46. The molecule has 0 spiro atoms. The van der Waals surface area contributed by atoms with Crippen LogP contribution >= 0.6 is 0 Å². The van der Waals surface area contributed by atoms with Crippen LogP contribution in [0.15, 0.2) is 12.5 Å². The van der Waals surface area contributed by atoms with Gasteiger partial charge >= 0.3 is 0 Å². The number of ether oxygens (including phenoxy) is 1. The van der Waals surface area contributed by atoms with Crippen LogP contribution in [0.5, 0.6) is 5.88 Å². The van der Waals surface area contributed by atoms with Crippen LogP contribution < -0.4 is 10.1 Å². The molecule has 1 aromatic rings. The maximum Gasteiger partial charge on any atom is 0.221 e. The Balaban J connectivity index is 2.78. The second-order valence-corrected chi connectivity index (χ2v) is 3.05. The summed E-state index contributed by atoms with van der Waals surface area (Å²) in [6.45, 7) is 4.68. The fourth-order valence-electron chi connectivity index (χ4n) is 0.988. The van der Waals surface area contributed by atoms with Crippen LogP contribution in [0.4, 0.5) is 0 Å². The minimum absolute atomic E-state index is 0.144. The molecule has 1 heterocycles. The Morgan fingerprint density at radius 3 is 2.92 bits per heavy atom. The SMILES string of the molecule is CNCc1cncnc1OC(C)C. The summed E-state index contributed by atoms with van der Waals surface area (Å²) in [6.07, 6.45) is 3.41. The molecule has 0 saturated heterocycles. The smallest absolute Gasteiger partial charge is 0.221 e. The van der Waals surface area contributed by atoms with Crippen molar-refractivity contribution in [2.75, 3.05) is 7.05 Å². The van der Waals surface area contributed by atoms with Gasteiger partial charge in [-0.25, -0.2) is 9.97 Å². The Morgan fingerprint density at radius 1 is 1.54 bits per heavy atom. The molecule has 0 amide bonds. The molecule has 0 aliphatic rings. The molecule has 4 nitrogen and oxygen atoms in total. The van der Waals surface area contributed by atoms with Crippen LogP contribution in [-0.4, -0.2) is 23.1 Å². The highest BCUT2D eigenvalue weighted by Gasteiger charge is 2.05. The minimum atomic E-state index is 0.144. The molecule has 0 bridgehead atoms. The second kappa shape index (κ2) is 4.77. The van der Waals surface area contributed by atoms with Crippen LogP contribution in [0.2, 0.25) is 0 Å². The van der Waals surface area contributed by atoms with Crippen LogP contribution in [0.3, 0.4) is 0 Å². The van der Waals surface area contributed by atoms with Crippen LogP contribution in [0.25, 0.3) is 0 Å². The van der Waals surface area contributed by atoms with Gasteiger partial charge in [0.25, 0.3) is 0 Å². The summed E-state index contributed by atoms with van der Waals surface area (Å²) in [7, 11) is 1.88. The molecule has 1 aromatic heterocycles. The van der Waals surface area contributed by atoms with E-state index in [9.17, 15) is 0 Å². The van der Waals surface area contributed by atoms with Gasteiger partial charge in [-0.3, -0.25) is 0 Å². The van der Waals surface area contributed by atoms with Gasteiger partial charge < -0.3 is 10.1 Å². The van der Waals surface area contributed by atoms with Crippen molar-refractivity contribution in [3.05, 3.63) is 18.1 Å². The maximum absolute atomic E-state index is 5.51.